The van der Waals surface area contributed by atoms with Crippen LogP contribution >= 0.6 is 0 Å². The molecule has 2 rings (SSSR count). The molecular weight excluding hydrogens is 256 g/mol. The smallest absolute Gasteiger partial charge is 0.226 e. The second-order valence-corrected chi connectivity index (χ2v) is 7.35. The largest absolute Gasteiger partial charge is 0.369 e. The van der Waals surface area contributed by atoms with E-state index in [1.807, 2.05) is 0 Å². The Labute approximate surface area is 106 Å². The van der Waals surface area contributed by atoms with Crippen molar-refractivity contribution in [1.82, 2.24) is 4.90 Å². The number of carbonyl (C=O) groups excluding carboxylic acids is 2. The number of amides is 2. The lowest BCUT2D eigenvalue weighted by Crippen LogP contribution is -2.46. The maximum Gasteiger partial charge on any atom is 0.226 e. The highest BCUT2D eigenvalue weighted by Gasteiger charge is 2.37. The number of nitrogens with two attached hydrogens (primary N) is 1. The fraction of sp³-hybridized carbons (Fsp3) is 0.818. The first-order valence-corrected chi connectivity index (χ1v) is 8.00. The van der Waals surface area contributed by atoms with Crippen LogP contribution in [0, 0.1) is 11.8 Å². The Morgan fingerprint density at radius 1 is 1.17 bits per heavy atom. The quantitative estimate of drug-likeness (QED) is 0.709. The molecule has 0 aromatic carbocycles. The third-order valence-electron chi connectivity index (χ3n) is 3.72. The summed E-state index contributed by atoms with van der Waals surface area (Å²) in [6, 6.07) is 0. The zero-order chi connectivity index (χ0) is 13.3. The van der Waals surface area contributed by atoms with Crippen molar-refractivity contribution in [2.75, 3.05) is 24.6 Å². The van der Waals surface area contributed by atoms with Crippen LogP contribution in [0.2, 0.25) is 0 Å². The molecule has 2 atom stereocenters. The number of primary amides is 1. The van der Waals surface area contributed by atoms with E-state index in [1.165, 1.54) is 0 Å². The number of sulfone groups is 1. The SMILES string of the molecule is NC(=O)[C@@H]1CCCN(C(=O)[C@@H]2CCS(=O)(=O)C2)C1. The van der Waals surface area contributed by atoms with Crippen molar-refractivity contribution in [2.24, 2.45) is 17.6 Å². The topological polar surface area (TPSA) is 97.5 Å². The highest BCUT2D eigenvalue weighted by Crippen LogP contribution is 2.24. The van der Waals surface area contributed by atoms with Crippen molar-refractivity contribution in [3.63, 3.8) is 0 Å². The van der Waals surface area contributed by atoms with Crippen LogP contribution in [0.3, 0.4) is 0 Å². The molecule has 0 saturated carbocycles. The Kier molecular flexibility index (Phi) is 3.61. The molecule has 2 fully saturated rings. The number of piperidine rings is 1. The third-order valence-corrected chi connectivity index (χ3v) is 5.49. The summed E-state index contributed by atoms with van der Waals surface area (Å²) in [5.74, 6) is -1.20. The van der Waals surface area contributed by atoms with Crippen LogP contribution in [0.4, 0.5) is 0 Å². The lowest BCUT2D eigenvalue weighted by Gasteiger charge is -2.32. The van der Waals surface area contributed by atoms with Crippen LogP contribution in [0.25, 0.3) is 0 Å². The zero-order valence-corrected chi connectivity index (χ0v) is 11.0. The molecule has 0 radical (unpaired) electrons. The second kappa shape index (κ2) is 4.87. The number of carbonyl (C=O) groups is 2. The van der Waals surface area contributed by atoms with Gasteiger partial charge in [0.1, 0.15) is 0 Å². The van der Waals surface area contributed by atoms with Gasteiger partial charge >= 0.3 is 0 Å². The first-order chi connectivity index (χ1) is 8.39. The van der Waals surface area contributed by atoms with Gasteiger partial charge in [-0.3, -0.25) is 9.59 Å². The van der Waals surface area contributed by atoms with Crippen LogP contribution < -0.4 is 5.73 Å². The molecule has 2 aliphatic rings. The van der Waals surface area contributed by atoms with Gasteiger partial charge in [-0.1, -0.05) is 0 Å². The summed E-state index contributed by atoms with van der Waals surface area (Å²) < 4.78 is 22.7. The minimum absolute atomic E-state index is 0.0520. The van der Waals surface area contributed by atoms with Crippen LogP contribution in [0.5, 0.6) is 0 Å². The van der Waals surface area contributed by atoms with Gasteiger partial charge in [0.25, 0.3) is 0 Å². The molecule has 2 aliphatic heterocycles. The van der Waals surface area contributed by atoms with Gasteiger partial charge < -0.3 is 10.6 Å². The number of likely N-dealkylation sites (tertiary alicyclic amines) is 1. The summed E-state index contributed by atoms with van der Waals surface area (Å²) >= 11 is 0. The Hall–Kier alpha value is -1.11. The molecular formula is C11H18N2O4S. The van der Waals surface area contributed by atoms with E-state index < -0.39 is 15.8 Å². The van der Waals surface area contributed by atoms with E-state index >= 15 is 0 Å². The lowest BCUT2D eigenvalue weighted by molar-refractivity contribution is -0.138. The van der Waals surface area contributed by atoms with Crippen LogP contribution in [0.15, 0.2) is 0 Å². The van der Waals surface area contributed by atoms with Crippen molar-refractivity contribution in [3.05, 3.63) is 0 Å². The zero-order valence-electron chi connectivity index (χ0n) is 10.2. The van der Waals surface area contributed by atoms with Gasteiger partial charge in [-0.15, -0.1) is 0 Å². The average Bonchev–Trinajstić information content (AvgIpc) is 2.69. The summed E-state index contributed by atoms with van der Waals surface area (Å²) in [6.45, 7) is 0.934. The van der Waals surface area contributed by atoms with E-state index in [0.717, 1.165) is 6.42 Å². The Morgan fingerprint density at radius 2 is 1.89 bits per heavy atom. The molecule has 0 unspecified atom stereocenters. The predicted molar refractivity (Wildman–Crippen MR) is 65.3 cm³/mol. The Balaban J connectivity index is 1.99. The molecule has 2 saturated heterocycles. The average molecular weight is 274 g/mol. The number of hydrogen-bond donors (Lipinski definition) is 1. The van der Waals surface area contributed by atoms with Gasteiger partial charge in [-0.2, -0.15) is 0 Å². The van der Waals surface area contributed by atoms with Gasteiger partial charge in [0.2, 0.25) is 11.8 Å². The fourth-order valence-electron chi connectivity index (χ4n) is 2.66. The minimum Gasteiger partial charge on any atom is -0.369 e. The van der Waals surface area contributed by atoms with E-state index in [0.29, 0.717) is 25.9 Å². The molecule has 0 aromatic rings. The monoisotopic (exact) mass is 274 g/mol. The fourth-order valence-corrected chi connectivity index (χ4v) is 4.39. The van der Waals surface area contributed by atoms with Gasteiger partial charge in [0, 0.05) is 13.1 Å². The highest BCUT2D eigenvalue weighted by molar-refractivity contribution is 7.91. The van der Waals surface area contributed by atoms with E-state index in [1.54, 1.807) is 4.90 Å². The summed E-state index contributed by atoms with van der Waals surface area (Å²) in [6.07, 6.45) is 1.86. The van der Waals surface area contributed by atoms with Crippen LogP contribution in [0.1, 0.15) is 19.3 Å². The minimum atomic E-state index is -3.05. The summed E-state index contributed by atoms with van der Waals surface area (Å²) in [4.78, 5) is 24.9. The molecule has 0 bridgehead atoms. The molecule has 2 N–H and O–H groups in total. The normalized spacial score (nSPS) is 31.2. The number of rotatable bonds is 2. The van der Waals surface area contributed by atoms with E-state index in [4.69, 9.17) is 5.73 Å². The maximum atomic E-state index is 12.2. The Bertz CT molecular complexity index is 460. The molecule has 0 aromatic heterocycles. The number of nitrogens with zero attached hydrogens (tertiary/aromatic N) is 1. The number of hydrogen-bond acceptors (Lipinski definition) is 4. The highest BCUT2D eigenvalue weighted by atomic mass is 32.2. The predicted octanol–water partition coefficient (Wildman–Crippen LogP) is -0.855. The standard InChI is InChI=1S/C11H18N2O4S/c12-10(14)8-2-1-4-13(6-8)11(15)9-3-5-18(16,17)7-9/h8-9H,1-7H2,(H2,12,14)/t8-,9-/m1/s1. The van der Waals surface area contributed by atoms with Crippen LogP contribution in [-0.2, 0) is 19.4 Å². The van der Waals surface area contributed by atoms with Crippen LogP contribution in [-0.4, -0.2) is 49.7 Å². The molecule has 6 nitrogen and oxygen atoms in total. The Morgan fingerprint density at radius 3 is 2.44 bits per heavy atom. The first-order valence-electron chi connectivity index (χ1n) is 6.17. The maximum absolute atomic E-state index is 12.2. The van der Waals surface area contributed by atoms with Gasteiger partial charge in [-0.25, -0.2) is 8.42 Å². The summed E-state index contributed by atoms with van der Waals surface area (Å²) in [7, 11) is -3.05. The summed E-state index contributed by atoms with van der Waals surface area (Å²) in [5.41, 5.74) is 5.25. The lowest BCUT2D eigenvalue weighted by atomic mass is 9.96. The first kappa shape index (κ1) is 13.3. The van der Waals surface area contributed by atoms with E-state index in [2.05, 4.69) is 0 Å². The van der Waals surface area contributed by atoms with Crippen molar-refractivity contribution in [2.45, 2.75) is 19.3 Å². The van der Waals surface area contributed by atoms with E-state index in [9.17, 15) is 18.0 Å². The van der Waals surface area contributed by atoms with E-state index in [-0.39, 0.29) is 29.2 Å². The molecule has 0 aliphatic carbocycles. The van der Waals surface area contributed by atoms with Gasteiger partial charge in [-0.05, 0) is 19.3 Å². The van der Waals surface area contributed by atoms with Crippen molar-refractivity contribution < 1.29 is 18.0 Å². The van der Waals surface area contributed by atoms with Crippen molar-refractivity contribution in [1.29, 1.82) is 0 Å². The molecule has 102 valence electrons. The molecule has 18 heavy (non-hydrogen) atoms. The van der Waals surface area contributed by atoms with Gasteiger partial charge in [0.15, 0.2) is 9.84 Å². The molecule has 0 spiro atoms. The molecule has 2 amide bonds. The van der Waals surface area contributed by atoms with Crippen molar-refractivity contribution in [3.8, 4) is 0 Å². The molecule has 2 heterocycles. The third kappa shape index (κ3) is 2.82. The second-order valence-electron chi connectivity index (χ2n) is 5.13. The molecule has 7 heteroatoms. The summed E-state index contributed by atoms with van der Waals surface area (Å²) in [5, 5.41) is 0. The van der Waals surface area contributed by atoms with Crippen molar-refractivity contribution >= 4 is 21.7 Å². The van der Waals surface area contributed by atoms with Gasteiger partial charge in [0.05, 0.1) is 23.3 Å².